The third kappa shape index (κ3) is 4.78. The molecule has 9 nitrogen and oxygen atoms in total. The molecule has 0 aliphatic carbocycles. The number of allylic oxidation sites excluding steroid dienone is 1. The lowest BCUT2D eigenvalue weighted by Gasteiger charge is -2.10. The SMILES string of the molecule is Cn1c(=O)[nH]c(N)c(/C(C=N)=C/C(=O)Nc2nc(-c3cc(F)c(C(F)(F)F)c(F)c3)cs2)c1=O. The Labute approximate surface area is 189 Å². The number of nitrogen functional groups attached to an aromatic ring is 1. The molecule has 0 atom stereocenters. The molecule has 1 amide bonds. The van der Waals surface area contributed by atoms with Gasteiger partial charge < -0.3 is 11.1 Å². The second-order valence-corrected chi connectivity index (χ2v) is 7.52. The zero-order valence-electron chi connectivity index (χ0n) is 16.9. The number of hydrogen-bond acceptors (Lipinski definition) is 7. The Morgan fingerprint density at radius 3 is 2.44 bits per heavy atom. The first-order valence-corrected chi connectivity index (χ1v) is 9.86. The van der Waals surface area contributed by atoms with Crippen molar-refractivity contribution < 1.29 is 26.7 Å². The molecule has 0 fully saturated rings. The topological polar surface area (TPSA) is 147 Å². The maximum absolute atomic E-state index is 13.8. The van der Waals surface area contributed by atoms with Crippen LogP contribution in [-0.4, -0.2) is 26.7 Å². The monoisotopic (exact) mass is 500 g/mol. The summed E-state index contributed by atoms with van der Waals surface area (Å²) in [4.78, 5) is 42.3. The van der Waals surface area contributed by atoms with Crippen LogP contribution in [0.1, 0.15) is 11.1 Å². The molecule has 1 aromatic carbocycles. The van der Waals surface area contributed by atoms with Gasteiger partial charge in [0.2, 0.25) is 0 Å². The van der Waals surface area contributed by atoms with E-state index < -0.39 is 40.5 Å². The van der Waals surface area contributed by atoms with Gasteiger partial charge in [-0.25, -0.2) is 18.6 Å². The molecule has 34 heavy (non-hydrogen) atoms. The summed E-state index contributed by atoms with van der Waals surface area (Å²) >= 11 is 0.801. The summed E-state index contributed by atoms with van der Waals surface area (Å²) < 4.78 is 66.5. The highest BCUT2D eigenvalue weighted by Crippen LogP contribution is 2.36. The van der Waals surface area contributed by atoms with Crippen LogP contribution in [0.15, 0.2) is 33.2 Å². The third-order valence-electron chi connectivity index (χ3n) is 4.42. The molecule has 3 aromatic rings. The first kappa shape index (κ1) is 24.5. The Morgan fingerprint density at radius 1 is 1.26 bits per heavy atom. The number of rotatable bonds is 5. The average Bonchev–Trinajstić information content (AvgIpc) is 3.18. The lowest BCUT2D eigenvalue weighted by atomic mass is 10.1. The van der Waals surface area contributed by atoms with Crippen molar-refractivity contribution in [3.63, 3.8) is 0 Å². The van der Waals surface area contributed by atoms with Gasteiger partial charge in [-0.2, -0.15) is 13.2 Å². The van der Waals surface area contributed by atoms with Gasteiger partial charge in [0.05, 0.1) is 11.3 Å². The number of aromatic amines is 1. The van der Waals surface area contributed by atoms with Crippen LogP contribution >= 0.6 is 11.3 Å². The normalized spacial score (nSPS) is 12.0. The lowest BCUT2D eigenvalue weighted by molar-refractivity contribution is -0.142. The number of halogens is 5. The smallest absolute Gasteiger partial charge is 0.384 e. The van der Waals surface area contributed by atoms with Crippen LogP contribution in [0, 0.1) is 17.0 Å². The van der Waals surface area contributed by atoms with Gasteiger partial charge in [0, 0.05) is 35.9 Å². The van der Waals surface area contributed by atoms with Crippen molar-refractivity contribution in [1.82, 2.24) is 14.5 Å². The minimum absolute atomic E-state index is 0.0939. The maximum Gasteiger partial charge on any atom is 0.422 e. The number of amides is 1. The number of nitrogens with two attached hydrogens (primary N) is 1. The van der Waals surface area contributed by atoms with E-state index in [0.29, 0.717) is 22.9 Å². The highest BCUT2D eigenvalue weighted by Gasteiger charge is 2.38. The van der Waals surface area contributed by atoms with Gasteiger partial charge in [-0.15, -0.1) is 11.3 Å². The number of alkyl halides is 3. The van der Waals surface area contributed by atoms with Gasteiger partial charge in [-0.05, 0) is 12.1 Å². The number of H-pyrrole nitrogens is 1. The Balaban J connectivity index is 1.89. The van der Waals surface area contributed by atoms with Crippen LogP contribution < -0.4 is 22.3 Å². The summed E-state index contributed by atoms with van der Waals surface area (Å²) in [5, 5.41) is 10.9. The second kappa shape index (κ2) is 9.01. The largest absolute Gasteiger partial charge is 0.422 e. The number of thiazole rings is 1. The zero-order valence-corrected chi connectivity index (χ0v) is 17.7. The lowest BCUT2D eigenvalue weighted by Crippen LogP contribution is -2.36. The quantitative estimate of drug-likeness (QED) is 0.242. The van der Waals surface area contributed by atoms with E-state index in [1.807, 2.05) is 0 Å². The molecule has 2 aromatic heterocycles. The number of aromatic nitrogens is 3. The fourth-order valence-electron chi connectivity index (χ4n) is 2.84. The zero-order chi connectivity index (χ0) is 25.4. The van der Waals surface area contributed by atoms with Crippen LogP contribution in [0.4, 0.5) is 32.9 Å². The van der Waals surface area contributed by atoms with Crippen molar-refractivity contribution >= 4 is 40.0 Å². The van der Waals surface area contributed by atoms with Crippen molar-refractivity contribution in [2.75, 3.05) is 11.1 Å². The Hall–Kier alpha value is -4.14. The van der Waals surface area contributed by atoms with E-state index in [2.05, 4.69) is 15.3 Å². The van der Waals surface area contributed by atoms with Gasteiger partial charge in [-0.3, -0.25) is 24.5 Å². The predicted molar refractivity (Wildman–Crippen MR) is 115 cm³/mol. The standard InChI is InChI=1S/C19H13F5N6O3S/c1-30-16(32)13(15(26)29-18(30)33)8(5-25)4-12(31)28-17-27-11(6-34-17)7-2-9(20)14(10(21)3-7)19(22,23)24/h2-6,25H,26H2,1H3,(H,29,33)(H,27,28,31)/b8-4+,25-5?. The molecule has 0 spiro atoms. The number of benzene rings is 1. The van der Waals surface area contributed by atoms with Crippen molar-refractivity contribution in [3.8, 4) is 11.3 Å². The summed E-state index contributed by atoms with van der Waals surface area (Å²) in [6, 6.07) is 0.933. The van der Waals surface area contributed by atoms with E-state index in [-0.39, 0.29) is 33.3 Å². The molecule has 5 N–H and O–H groups in total. The Kier molecular flexibility index (Phi) is 6.49. The van der Waals surface area contributed by atoms with Crippen LogP contribution in [0.3, 0.4) is 0 Å². The van der Waals surface area contributed by atoms with Gasteiger partial charge in [0.1, 0.15) is 23.0 Å². The highest BCUT2D eigenvalue weighted by atomic mass is 32.1. The first-order valence-electron chi connectivity index (χ1n) is 8.98. The van der Waals surface area contributed by atoms with Crippen LogP contribution in [0.5, 0.6) is 0 Å². The minimum Gasteiger partial charge on any atom is -0.384 e. The Bertz CT molecular complexity index is 1430. The van der Waals surface area contributed by atoms with Gasteiger partial charge in [0.15, 0.2) is 5.13 Å². The summed E-state index contributed by atoms with van der Waals surface area (Å²) in [7, 11) is 1.16. The molecular formula is C19H13F5N6O3S. The van der Waals surface area contributed by atoms with Crippen molar-refractivity contribution in [3.05, 3.63) is 67.2 Å². The fourth-order valence-corrected chi connectivity index (χ4v) is 3.56. The molecule has 0 radical (unpaired) electrons. The Morgan fingerprint density at radius 2 is 1.88 bits per heavy atom. The molecule has 0 bridgehead atoms. The number of hydrogen-bond donors (Lipinski definition) is 4. The van der Waals surface area contributed by atoms with Crippen molar-refractivity contribution in [2.45, 2.75) is 6.18 Å². The number of nitrogens with one attached hydrogen (secondary N) is 3. The molecule has 0 saturated heterocycles. The van der Waals surface area contributed by atoms with E-state index in [0.717, 1.165) is 24.5 Å². The fraction of sp³-hybridized carbons (Fsp3) is 0.105. The van der Waals surface area contributed by atoms with E-state index >= 15 is 0 Å². The van der Waals surface area contributed by atoms with Crippen LogP contribution in [-0.2, 0) is 18.0 Å². The molecular weight excluding hydrogens is 487 g/mol. The molecule has 2 heterocycles. The summed E-state index contributed by atoms with van der Waals surface area (Å²) in [6.07, 6.45) is -3.73. The molecule has 15 heteroatoms. The van der Waals surface area contributed by atoms with Gasteiger partial charge >= 0.3 is 11.9 Å². The van der Waals surface area contributed by atoms with E-state index in [1.165, 1.54) is 5.38 Å². The van der Waals surface area contributed by atoms with Crippen molar-refractivity contribution in [2.24, 2.45) is 7.05 Å². The van der Waals surface area contributed by atoms with Crippen LogP contribution in [0.25, 0.3) is 16.8 Å². The minimum atomic E-state index is -5.22. The average molecular weight is 500 g/mol. The van der Waals surface area contributed by atoms with Gasteiger partial charge in [-0.1, -0.05) is 0 Å². The van der Waals surface area contributed by atoms with Crippen molar-refractivity contribution in [1.29, 1.82) is 5.41 Å². The van der Waals surface area contributed by atoms with E-state index in [1.54, 1.807) is 0 Å². The predicted octanol–water partition coefficient (Wildman–Crippen LogP) is 2.75. The molecule has 0 unspecified atom stereocenters. The summed E-state index contributed by atoms with van der Waals surface area (Å²) in [5.74, 6) is -4.88. The molecule has 178 valence electrons. The third-order valence-corrected chi connectivity index (χ3v) is 5.18. The number of nitrogens with zero attached hydrogens (tertiary/aromatic N) is 2. The molecule has 0 saturated carbocycles. The number of carbonyl (C=O) groups is 1. The molecule has 3 rings (SSSR count). The summed E-state index contributed by atoms with van der Waals surface area (Å²) in [5.41, 5.74) is 1.01. The number of carbonyl (C=O) groups excluding carboxylic acids is 1. The van der Waals surface area contributed by atoms with Crippen LogP contribution in [0.2, 0.25) is 0 Å². The maximum atomic E-state index is 13.8. The highest BCUT2D eigenvalue weighted by molar-refractivity contribution is 7.14. The van der Waals surface area contributed by atoms with E-state index in [9.17, 15) is 36.3 Å². The molecule has 0 aliphatic heterocycles. The van der Waals surface area contributed by atoms with E-state index in [4.69, 9.17) is 11.1 Å². The number of anilines is 2. The first-order chi connectivity index (χ1) is 15.8. The second-order valence-electron chi connectivity index (χ2n) is 6.67. The summed E-state index contributed by atoms with van der Waals surface area (Å²) in [6.45, 7) is 0. The van der Waals surface area contributed by atoms with Gasteiger partial charge in [0.25, 0.3) is 11.5 Å². The molecule has 0 aliphatic rings.